The summed E-state index contributed by atoms with van der Waals surface area (Å²) in [5.41, 5.74) is 5.55. The Kier molecular flexibility index (Phi) is 4.15. The fraction of sp³-hybridized carbons (Fsp3) is 0.261. The number of carbonyl (C=O) groups excluding carboxylic acids is 1. The highest BCUT2D eigenvalue weighted by Gasteiger charge is 2.24. The monoisotopic (exact) mass is 375 g/mol. The van der Waals surface area contributed by atoms with Crippen molar-refractivity contribution in [1.29, 1.82) is 0 Å². The van der Waals surface area contributed by atoms with Gasteiger partial charge in [0.15, 0.2) is 0 Å². The average molecular weight is 375 g/mol. The normalized spacial score (nSPS) is 16.4. The minimum Gasteiger partial charge on any atom is -0.361 e. The molecular weight excluding hydrogens is 353 g/mol. The highest BCUT2D eigenvalue weighted by molar-refractivity contribution is 5.86. The number of H-pyrrole nitrogens is 2. The van der Waals surface area contributed by atoms with Gasteiger partial charge in [0, 0.05) is 46.2 Å². The lowest BCUT2D eigenvalue weighted by molar-refractivity contribution is -0.121. The van der Waals surface area contributed by atoms with Crippen molar-refractivity contribution < 1.29 is 9.18 Å². The summed E-state index contributed by atoms with van der Waals surface area (Å²) in [4.78, 5) is 19.2. The van der Waals surface area contributed by atoms with Gasteiger partial charge in [-0.25, -0.2) is 4.39 Å². The van der Waals surface area contributed by atoms with Crippen molar-refractivity contribution in [2.75, 3.05) is 0 Å². The zero-order chi connectivity index (χ0) is 19.1. The molecule has 2 heterocycles. The number of amides is 1. The predicted molar refractivity (Wildman–Crippen MR) is 109 cm³/mol. The number of hydrogen-bond acceptors (Lipinski definition) is 1. The molecule has 0 bridgehead atoms. The quantitative estimate of drug-likeness (QED) is 0.487. The minimum absolute atomic E-state index is 0.0738. The van der Waals surface area contributed by atoms with Crippen LogP contribution in [0.15, 0.2) is 48.7 Å². The van der Waals surface area contributed by atoms with Crippen LogP contribution >= 0.6 is 0 Å². The van der Waals surface area contributed by atoms with Gasteiger partial charge < -0.3 is 15.3 Å². The lowest BCUT2D eigenvalue weighted by Gasteiger charge is -2.23. The minimum atomic E-state index is -0.223. The third kappa shape index (κ3) is 3.07. The summed E-state index contributed by atoms with van der Waals surface area (Å²) >= 11 is 0. The van der Waals surface area contributed by atoms with Gasteiger partial charge in [-0.05, 0) is 61.1 Å². The van der Waals surface area contributed by atoms with Crippen molar-refractivity contribution in [3.63, 3.8) is 0 Å². The number of aryl methyl sites for hydroxylation is 2. The second kappa shape index (κ2) is 6.82. The maximum absolute atomic E-state index is 13.7. The van der Waals surface area contributed by atoms with Crippen LogP contribution in [0.1, 0.15) is 29.7 Å². The smallest absolute Gasteiger partial charge is 0.220 e. The molecule has 142 valence electrons. The van der Waals surface area contributed by atoms with Crippen molar-refractivity contribution >= 4 is 27.7 Å². The van der Waals surface area contributed by atoms with E-state index < -0.39 is 0 Å². The fourth-order valence-corrected chi connectivity index (χ4v) is 4.40. The van der Waals surface area contributed by atoms with Crippen LogP contribution in [0.4, 0.5) is 4.39 Å². The summed E-state index contributed by atoms with van der Waals surface area (Å²) in [7, 11) is 0. The lowest BCUT2D eigenvalue weighted by atomic mass is 9.91. The van der Waals surface area contributed by atoms with Gasteiger partial charge in [0.2, 0.25) is 5.91 Å². The van der Waals surface area contributed by atoms with Crippen LogP contribution in [0, 0.1) is 5.82 Å². The van der Waals surface area contributed by atoms with E-state index in [4.69, 9.17) is 0 Å². The first-order chi connectivity index (χ1) is 13.7. The third-order valence-corrected chi connectivity index (χ3v) is 5.81. The van der Waals surface area contributed by atoms with Crippen LogP contribution in [0.25, 0.3) is 21.8 Å². The molecule has 0 fully saturated rings. The number of benzene rings is 2. The van der Waals surface area contributed by atoms with E-state index in [0.717, 1.165) is 41.2 Å². The van der Waals surface area contributed by atoms with Crippen LogP contribution in [0.3, 0.4) is 0 Å². The molecule has 2 aromatic carbocycles. The van der Waals surface area contributed by atoms with Crippen LogP contribution in [-0.4, -0.2) is 21.9 Å². The van der Waals surface area contributed by atoms with E-state index in [1.165, 1.54) is 22.7 Å². The van der Waals surface area contributed by atoms with E-state index in [-0.39, 0.29) is 17.8 Å². The summed E-state index contributed by atoms with van der Waals surface area (Å²) in [6.07, 6.45) is 5.70. The topological polar surface area (TPSA) is 60.7 Å². The van der Waals surface area contributed by atoms with Crippen molar-refractivity contribution in [2.45, 2.75) is 38.1 Å². The first-order valence-corrected chi connectivity index (χ1v) is 9.81. The summed E-state index contributed by atoms with van der Waals surface area (Å²) in [6.45, 7) is 0. The number of para-hydroxylation sites is 1. The molecule has 1 aliphatic rings. The number of rotatable bonds is 4. The Balaban J connectivity index is 1.25. The van der Waals surface area contributed by atoms with Gasteiger partial charge in [-0.15, -0.1) is 0 Å². The fourth-order valence-electron chi connectivity index (χ4n) is 4.40. The Morgan fingerprint density at radius 2 is 2.04 bits per heavy atom. The predicted octanol–water partition coefficient (Wildman–Crippen LogP) is 4.39. The second-order valence-corrected chi connectivity index (χ2v) is 7.64. The van der Waals surface area contributed by atoms with Crippen LogP contribution < -0.4 is 5.32 Å². The molecule has 5 heteroatoms. The van der Waals surface area contributed by atoms with Gasteiger partial charge in [-0.2, -0.15) is 0 Å². The van der Waals surface area contributed by atoms with Crippen molar-refractivity contribution in [2.24, 2.45) is 0 Å². The number of hydrogen-bond donors (Lipinski definition) is 3. The Morgan fingerprint density at radius 1 is 1.14 bits per heavy atom. The molecule has 3 N–H and O–H groups in total. The third-order valence-electron chi connectivity index (χ3n) is 5.81. The molecule has 0 aliphatic heterocycles. The van der Waals surface area contributed by atoms with Crippen molar-refractivity contribution in [3.05, 3.63) is 71.3 Å². The molecule has 1 amide bonds. The Morgan fingerprint density at radius 3 is 2.96 bits per heavy atom. The lowest BCUT2D eigenvalue weighted by Crippen LogP contribution is -2.38. The number of aromatic amines is 2. The van der Waals surface area contributed by atoms with E-state index >= 15 is 0 Å². The number of fused-ring (bicyclic) bond motifs is 4. The van der Waals surface area contributed by atoms with Crippen molar-refractivity contribution in [3.8, 4) is 0 Å². The molecule has 1 atom stereocenters. The molecule has 4 nitrogen and oxygen atoms in total. The van der Waals surface area contributed by atoms with E-state index in [1.54, 1.807) is 12.1 Å². The van der Waals surface area contributed by atoms with Gasteiger partial charge in [-0.1, -0.05) is 18.2 Å². The molecule has 0 radical (unpaired) electrons. The molecule has 0 saturated heterocycles. The van der Waals surface area contributed by atoms with Gasteiger partial charge in [0.25, 0.3) is 0 Å². The summed E-state index contributed by atoms with van der Waals surface area (Å²) in [5, 5.41) is 5.30. The molecule has 5 rings (SSSR count). The largest absolute Gasteiger partial charge is 0.361 e. The zero-order valence-corrected chi connectivity index (χ0v) is 15.5. The van der Waals surface area contributed by atoms with E-state index in [9.17, 15) is 9.18 Å². The van der Waals surface area contributed by atoms with Crippen LogP contribution in [0.5, 0.6) is 0 Å². The van der Waals surface area contributed by atoms with Crippen LogP contribution in [-0.2, 0) is 24.1 Å². The Hall–Kier alpha value is -3.08. The molecule has 2 aromatic heterocycles. The van der Waals surface area contributed by atoms with E-state index in [0.29, 0.717) is 12.8 Å². The average Bonchev–Trinajstić information content (AvgIpc) is 3.27. The van der Waals surface area contributed by atoms with E-state index in [2.05, 4.69) is 21.4 Å². The molecule has 4 aromatic rings. The van der Waals surface area contributed by atoms with E-state index in [1.807, 2.05) is 24.4 Å². The van der Waals surface area contributed by atoms with Gasteiger partial charge >= 0.3 is 0 Å². The SMILES string of the molecule is O=C(CCc1c[nH]c2ccccc12)NC1CCc2[nH]c3ccc(F)cc3c2C1. The molecule has 0 saturated carbocycles. The maximum Gasteiger partial charge on any atom is 0.220 e. The first kappa shape index (κ1) is 17.0. The molecule has 1 aliphatic carbocycles. The second-order valence-electron chi connectivity index (χ2n) is 7.64. The van der Waals surface area contributed by atoms with Gasteiger partial charge in [-0.3, -0.25) is 4.79 Å². The molecular formula is C23H22FN3O. The highest BCUT2D eigenvalue weighted by Crippen LogP contribution is 2.30. The highest BCUT2D eigenvalue weighted by atomic mass is 19.1. The standard InChI is InChI=1S/C23H22FN3O/c24-15-6-8-21-18(11-15)19-12-16(7-9-22(19)27-21)26-23(28)10-5-14-13-25-20-4-2-1-3-17(14)20/h1-4,6,8,11,13,16,25,27H,5,7,9-10,12H2,(H,26,28). The molecule has 0 spiro atoms. The molecule has 1 unspecified atom stereocenters. The first-order valence-electron chi connectivity index (χ1n) is 9.81. The number of aromatic nitrogens is 2. The Bertz CT molecular complexity index is 1170. The van der Waals surface area contributed by atoms with Gasteiger partial charge in [0.1, 0.15) is 5.82 Å². The number of carbonyl (C=O) groups is 1. The molecule has 28 heavy (non-hydrogen) atoms. The van der Waals surface area contributed by atoms with Gasteiger partial charge in [0.05, 0.1) is 0 Å². The zero-order valence-electron chi connectivity index (χ0n) is 15.5. The van der Waals surface area contributed by atoms with Crippen LogP contribution in [0.2, 0.25) is 0 Å². The summed E-state index contributed by atoms with van der Waals surface area (Å²) in [6, 6.07) is 13.1. The Labute approximate surface area is 162 Å². The number of halogens is 1. The summed E-state index contributed by atoms with van der Waals surface area (Å²) in [5.74, 6) is -0.149. The summed E-state index contributed by atoms with van der Waals surface area (Å²) < 4.78 is 13.7. The maximum atomic E-state index is 13.7. The van der Waals surface area contributed by atoms with Crippen molar-refractivity contribution in [1.82, 2.24) is 15.3 Å². The number of nitrogens with one attached hydrogen (secondary N) is 3.